The number of carboxylic acid groups (broad SMARTS) is 1. The van der Waals surface area contributed by atoms with Gasteiger partial charge in [-0.05, 0) is 37.3 Å². The van der Waals surface area contributed by atoms with Gasteiger partial charge in [-0.15, -0.1) is 0 Å². The third kappa shape index (κ3) is 3.61. The van der Waals surface area contributed by atoms with Gasteiger partial charge in [0.25, 0.3) is 5.91 Å². The lowest BCUT2D eigenvalue weighted by molar-refractivity contribution is -0.137. The van der Waals surface area contributed by atoms with Crippen LogP contribution in [0.5, 0.6) is 5.75 Å². The van der Waals surface area contributed by atoms with Crippen LogP contribution in [0.1, 0.15) is 15.9 Å². The zero-order valence-corrected chi connectivity index (χ0v) is 14.5. The number of fused-ring (bicyclic) bond motifs is 1. The van der Waals surface area contributed by atoms with Gasteiger partial charge in [-0.25, -0.2) is 0 Å². The predicted molar refractivity (Wildman–Crippen MR) is 95.1 cm³/mol. The molecule has 3 rings (SSSR count). The van der Waals surface area contributed by atoms with E-state index in [1.54, 1.807) is 37.4 Å². The molecule has 0 saturated heterocycles. The Morgan fingerprint density at radius 1 is 1.20 bits per heavy atom. The first-order chi connectivity index (χ1) is 12.0. The molecule has 0 aliphatic heterocycles. The number of thiazole rings is 1. The highest BCUT2D eigenvalue weighted by Gasteiger charge is 2.12. The van der Waals surface area contributed by atoms with Crippen LogP contribution in [-0.2, 0) is 11.3 Å². The van der Waals surface area contributed by atoms with Crippen molar-refractivity contribution in [3.05, 3.63) is 58.4 Å². The predicted octanol–water partition coefficient (Wildman–Crippen LogP) is 2.85. The van der Waals surface area contributed by atoms with E-state index in [1.807, 2.05) is 19.1 Å². The number of nitrogens with zero attached hydrogens (tertiary/aromatic N) is 2. The van der Waals surface area contributed by atoms with E-state index in [4.69, 9.17) is 4.74 Å². The molecule has 0 spiro atoms. The molecule has 0 radical (unpaired) electrons. The number of aryl methyl sites for hydroxylation is 1. The van der Waals surface area contributed by atoms with Gasteiger partial charge in [-0.1, -0.05) is 29.0 Å². The van der Waals surface area contributed by atoms with Gasteiger partial charge < -0.3 is 14.4 Å². The molecule has 1 aromatic heterocycles. The molecule has 1 N–H and O–H groups in total. The fourth-order valence-corrected chi connectivity index (χ4v) is 3.46. The summed E-state index contributed by atoms with van der Waals surface area (Å²) in [6, 6.07) is 12.4. The number of carbonyl (C=O) groups excluding carboxylic acids is 1. The molecule has 0 bridgehead atoms. The summed E-state index contributed by atoms with van der Waals surface area (Å²) in [5.74, 6) is -0.745. The van der Waals surface area contributed by atoms with Crippen LogP contribution in [0.4, 0.5) is 0 Å². The molecular formula is C18H16N2O4S. The Kier molecular flexibility index (Phi) is 4.67. The molecule has 0 unspecified atom stereocenters. The van der Waals surface area contributed by atoms with Crippen LogP contribution in [0.25, 0.3) is 10.2 Å². The van der Waals surface area contributed by atoms with Crippen LogP contribution in [-0.4, -0.2) is 28.7 Å². The SMILES string of the molecule is COc1ccc2c(c1)s/c(=N\C(=O)c1ccc(C)cc1)n2CC(=O)O. The van der Waals surface area contributed by atoms with Gasteiger partial charge in [-0.2, -0.15) is 4.99 Å². The van der Waals surface area contributed by atoms with Crippen molar-refractivity contribution in [2.75, 3.05) is 7.11 Å². The minimum absolute atomic E-state index is 0.271. The topological polar surface area (TPSA) is 80.9 Å². The summed E-state index contributed by atoms with van der Waals surface area (Å²) in [6.07, 6.45) is 0. The quantitative estimate of drug-likeness (QED) is 0.779. The second kappa shape index (κ2) is 6.90. The average Bonchev–Trinajstić information content (AvgIpc) is 2.91. The average molecular weight is 356 g/mol. The first kappa shape index (κ1) is 16.9. The molecule has 25 heavy (non-hydrogen) atoms. The van der Waals surface area contributed by atoms with Gasteiger partial charge >= 0.3 is 5.97 Å². The largest absolute Gasteiger partial charge is 0.497 e. The molecule has 0 atom stereocenters. The molecule has 0 saturated carbocycles. The molecule has 0 aliphatic carbocycles. The number of carbonyl (C=O) groups is 2. The van der Waals surface area contributed by atoms with Crippen LogP contribution < -0.4 is 9.54 Å². The second-order valence-electron chi connectivity index (χ2n) is 5.48. The molecule has 0 fully saturated rings. The Morgan fingerprint density at radius 2 is 1.92 bits per heavy atom. The second-order valence-corrected chi connectivity index (χ2v) is 6.49. The van der Waals surface area contributed by atoms with Crippen molar-refractivity contribution in [1.29, 1.82) is 0 Å². The van der Waals surface area contributed by atoms with Crippen molar-refractivity contribution < 1.29 is 19.4 Å². The standard InChI is InChI=1S/C18H16N2O4S/c1-11-3-5-12(6-4-11)17(23)19-18-20(10-16(21)22)14-8-7-13(24-2)9-15(14)25-18/h3-9H,10H2,1-2H3,(H,21,22)/b19-18-. The molecule has 6 nitrogen and oxygen atoms in total. The van der Waals surface area contributed by atoms with Crippen LogP contribution in [0.3, 0.4) is 0 Å². The van der Waals surface area contributed by atoms with Crippen molar-refractivity contribution in [3.63, 3.8) is 0 Å². The third-order valence-corrected chi connectivity index (χ3v) is 4.72. The number of rotatable bonds is 4. The van der Waals surface area contributed by atoms with Gasteiger partial charge in [0.2, 0.25) is 0 Å². The number of ether oxygens (including phenoxy) is 1. The maximum atomic E-state index is 12.4. The lowest BCUT2D eigenvalue weighted by Gasteiger charge is -2.02. The van der Waals surface area contributed by atoms with Gasteiger partial charge in [0.05, 0.1) is 17.3 Å². The van der Waals surface area contributed by atoms with E-state index < -0.39 is 11.9 Å². The Labute approximate surface area is 147 Å². The van der Waals surface area contributed by atoms with Crippen molar-refractivity contribution in [2.24, 2.45) is 4.99 Å². The van der Waals surface area contributed by atoms with Gasteiger partial charge in [0, 0.05) is 5.56 Å². The highest BCUT2D eigenvalue weighted by molar-refractivity contribution is 7.16. The van der Waals surface area contributed by atoms with Crippen molar-refractivity contribution in [2.45, 2.75) is 13.5 Å². The molecule has 1 amide bonds. The molecular weight excluding hydrogens is 340 g/mol. The first-order valence-electron chi connectivity index (χ1n) is 7.53. The molecule has 128 valence electrons. The summed E-state index contributed by atoms with van der Waals surface area (Å²) < 4.78 is 7.52. The Morgan fingerprint density at radius 3 is 2.56 bits per heavy atom. The van der Waals surface area contributed by atoms with Gasteiger partial charge in [0.1, 0.15) is 12.3 Å². The fourth-order valence-electron chi connectivity index (χ4n) is 2.40. The minimum Gasteiger partial charge on any atom is -0.497 e. The molecule has 7 heteroatoms. The van der Waals surface area contributed by atoms with E-state index in [0.717, 1.165) is 10.3 Å². The molecule has 2 aromatic carbocycles. The van der Waals surface area contributed by atoms with Gasteiger partial charge in [0.15, 0.2) is 4.80 Å². The number of carboxylic acids is 1. The Bertz CT molecular complexity index is 1020. The number of benzene rings is 2. The maximum Gasteiger partial charge on any atom is 0.323 e. The number of hydrogen-bond donors (Lipinski definition) is 1. The number of aromatic nitrogens is 1. The minimum atomic E-state index is -1.00. The summed E-state index contributed by atoms with van der Waals surface area (Å²) in [7, 11) is 1.56. The summed E-state index contributed by atoms with van der Waals surface area (Å²) in [5.41, 5.74) is 2.21. The third-order valence-electron chi connectivity index (χ3n) is 3.68. The van der Waals surface area contributed by atoms with E-state index in [-0.39, 0.29) is 6.54 Å². The lowest BCUT2D eigenvalue weighted by Crippen LogP contribution is -2.21. The summed E-state index contributed by atoms with van der Waals surface area (Å²) >= 11 is 1.25. The number of aliphatic carboxylic acids is 1. The van der Waals surface area contributed by atoms with E-state index in [1.165, 1.54) is 15.9 Å². The number of amides is 1. The number of methoxy groups -OCH3 is 1. The Hall–Kier alpha value is -2.93. The molecule has 0 aliphatic rings. The lowest BCUT2D eigenvalue weighted by atomic mass is 10.1. The Balaban J connectivity index is 2.14. The normalized spacial score (nSPS) is 11.7. The summed E-state index contributed by atoms with van der Waals surface area (Å²) in [6.45, 7) is 1.66. The smallest absolute Gasteiger partial charge is 0.323 e. The zero-order chi connectivity index (χ0) is 18.0. The summed E-state index contributed by atoms with van der Waals surface area (Å²) in [4.78, 5) is 28.1. The van der Waals surface area contributed by atoms with Crippen molar-refractivity contribution >= 4 is 33.4 Å². The van der Waals surface area contributed by atoms with Crippen LogP contribution in [0.2, 0.25) is 0 Å². The van der Waals surface area contributed by atoms with Gasteiger partial charge in [-0.3, -0.25) is 9.59 Å². The fraction of sp³-hybridized carbons (Fsp3) is 0.167. The van der Waals surface area contributed by atoms with E-state index in [2.05, 4.69) is 4.99 Å². The number of hydrogen-bond acceptors (Lipinski definition) is 4. The van der Waals surface area contributed by atoms with Crippen molar-refractivity contribution in [3.8, 4) is 5.75 Å². The van der Waals surface area contributed by atoms with E-state index in [9.17, 15) is 14.7 Å². The van der Waals surface area contributed by atoms with Crippen molar-refractivity contribution in [1.82, 2.24) is 4.57 Å². The summed E-state index contributed by atoms with van der Waals surface area (Å²) in [5, 5.41) is 9.18. The monoisotopic (exact) mass is 356 g/mol. The highest BCUT2D eigenvalue weighted by Crippen LogP contribution is 2.23. The maximum absolute atomic E-state index is 12.4. The van der Waals surface area contributed by atoms with Crippen LogP contribution >= 0.6 is 11.3 Å². The van der Waals surface area contributed by atoms with E-state index >= 15 is 0 Å². The molecule has 1 heterocycles. The first-order valence-corrected chi connectivity index (χ1v) is 8.34. The molecule has 3 aromatic rings. The van der Waals surface area contributed by atoms with Crippen LogP contribution in [0.15, 0.2) is 47.5 Å². The highest BCUT2D eigenvalue weighted by atomic mass is 32.1. The van der Waals surface area contributed by atoms with Crippen LogP contribution in [0, 0.1) is 6.92 Å². The zero-order valence-electron chi connectivity index (χ0n) is 13.7. The van der Waals surface area contributed by atoms with E-state index in [0.29, 0.717) is 21.6 Å².